The number of ether oxygens (including phenoxy) is 1. The van der Waals surface area contributed by atoms with Crippen molar-refractivity contribution < 1.29 is 13.9 Å². The fourth-order valence-electron chi connectivity index (χ4n) is 1.24. The van der Waals surface area contributed by atoms with E-state index >= 15 is 0 Å². The van der Waals surface area contributed by atoms with Gasteiger partial charge in [-0.15, -0.1) is 10.2 Å². The van der Waals surface area contributed by atoms with Gasteiger partial charge in [-0.3, -0.25) is 0 Å². The van der Waals surface area contributed by atoms with E-state index in [2.05, 4.69) is 10.2 Å². The summed E-state index contributed by atoms with van der Waals surface area (Å²) in [7, 11) is 0. The molecule has 2 rings (SSSR count). The highest BCUT2D eigenvalue weighted by Gasteiger charge is 2.16. The minimum absolute atomic E-state index is 0.165. The summed E-state index contributed by atoms with van der Waals surface area (Å²) in [6.45, 7) is 1.96. The predicted molar refractivity (Wildman–Crippen MR) is 60.7 cm³/mol. The molecule has 0 N–H and O–H groups in total. The molecule has 0 unspecified atom stereocenters. The van der Waals surface area contributed by atoms with Gasteiger partial charge in [-0.2, -0.15) is 0 Å². The van der Waals surface area contributed by atoms with E-state index in [0.29, 0.717) is 10.6 Å². The van der Waals surface area contributed by atoms with Crippen LogP contribution in [0.25, 0.3) is 11.5 Å². The van der Waals surface area contributed by atoms with Crippen LogP contribution in [0.4, 0.5) is 0 Å². The standard InChI is InChI=1S/C11H9ClN2O3/c1-2-16-11(15)10-14-13-9(17-10)7-4-3-5-8(12)6-7/h3-6H,2H2,1H3. The van der Waals surface area contributed by atoms with Crippen molar-refractivity contribution in [1.82, 2.24) is 10.2 Å². The van der Waals surface area contributed by atoms with Crippen LogP contribution in [0.3, 0.4) is 0 Å². The molecule has 1 aromatic heterocycles. The lowest BCUT2D eigenvalue weighted by Gasteiger charge is -1.95. The summed E-state index contributed by atoms with van der Waals surface area (Å²) in [5.41, 5.74) is 0.653. The van der Waals surface area contributed by atoms with Gasteiger partial charge in [0.15, 0.2) is 0 Å². The number of esters is 1. The molecule has 88 valence electrons. The Labute approximate surface area is 102 Å². The summed E-state index contributed by atoms with van der Waals surface area (Å²) in [6.07, 6.45) is 0. The second-order valence-corrected chi connectivity index (χ2v) is 3.58. The zero-order valence-electron chi connectivity index (χ0n) is 9.01. The van der Waals surface area contributed by atoms with Crippen molar-refractivity contribution in [2.45, 2.75) is 6.92 Å². The van der Waals surface area contributed by atoms with Crippen LogP contribution in [-0.2, 0) is 4.74 Å². The molecule has 0 amide bonds. The Kier molecular flexibility index (Phi) is 3.39. The van der Waals surface area contributed by atoms with Gasteiger partial charge in [0.1, 0.15) is 0 Å². The first-order valence-corrected chi connectivity index (χ1v) is 5.35. The van der Waals surface area contributed by atoms with E-state index in [4.69, 9.17) is 20.8 Å². The van der Waals surface area contributed by atoms with Crippen LogP contribution in [-0.4, -0.2) is 22.8 Å². The van der Waals surface area contributed by atoms with Crippen LogP contribution < -0.4 is 0 Å². The van der Waals surface area contributed by atoms with E-state index in [1.165, 1.54) is 0 Å². The van der Waals surface area contributed by atoms with Gasteiger partial charge >= 0.3 is 11.9 Å². The number of rotatable bonds is 3. The Morgan fingerprint density at radius 1 is 1.47 bits per heavy atom. The van der Waals surface area contributed by atoms with E-state index in [1.54, 1.807) is 31.2 Å². The number of carbonyl (C=O) groups excluding carboxylic acids is 1. The fraction of sp³-hybridized carbons (Fsp3) is 0.182. The topological polar surface area (TPSA) is 65.2 Å². The van der Waals surface area contributed by atoms with Crippen LogP contribution in [0.2, 0.25) is 5.02 Å². The van der Waals surface area contributed by atoms with Crippen molar-refractivity contribution in [3.05, 3.63) is 35.2 Å². The average Bonchev–Trinajstić information content (AvgIpc) is 2.78. The summed E-state index contributed by atoms with van der Waals surface area (Å²) in [4.78, 5) is 11.3. The molecule has 0 bridgehead atoms. The number of benzene rings is 1. The highest BCUT2D eigenvalue weighted by molar-refractivity contribution is 6.30. The smallest absolute Gasteiger partial charge is 0.396 e. The van der Waals surface area contributed by atoms with Gasteiger partial charge in [-0.25, -0.2) is 4.79 Å². The maximum absolute atomic E-state index is 11.3. The molecule has 0 saturated carbocycles. The van der Waals surface area contributed by atoms with Crippen molar-refractivity contribution >= 4 is 17.6 Å². The third-order valence-corrected chi connectivity index (χ3v) is 2.18. The number of halogens is 1. The summed E-state index contributed by atoms with van der Waals surface area (Å²) >= 11 is 5.83. The van der Waals surface area contributed by atoms with Gasteiger partial charge in [0, 0.05) is 10.6 Å². The number of nitrogens with zero attached hydrogens (tertiary/aromatic N) is 2. The lowest BCUT2D eigenvalue weighted by Crippen LogP contribution is -2.04. The van der Waals surface area contributed by atoms with Crippen LogP contribution in [0, 0.1) is 0 Å². The first-order valence-electron chi connectivity index (χ1n) is 4.97. The van der Waals surface area contributed by atoms with E-state index < -0.39 is 5.97 Å². The molecule has 2 aromatic rings. The Morgan fingerprint density at radius 2 is 2.29 bits per heavy atom. The van der Waals surface area contributed by atoms with Crippen molar-refractivity contribution in [1.29, 1.82) is 0 Å². The van der Waals surface area contributed by atoms with Gasteiger partial charge in [0.2, 0.25) is 5.89 Å². The molecule has 1 aromatic carbocycles. The van der Waals surface area contributed by atoms with Crippen molar-refractivity contribution in [2.75, 3.05) is 6.61 Å². The maximum atomic E-state index is 11.3. The molecule has 0 radical (unpaired) electrons. The van der Waals surface area contributed by atoms with Gasteiger partial charge in [-0.05, 0) is 25.1 Å². The highest BCUT2D eigenvalue weighted by atomic mass is 35.5. The first-order chi connectivity index (χ1) is 8.20. The van der Waals surface area contributed by atoms with E-state index in [1.807, 2.05) is 0 Å². The minimum Gasteiger partial charge on any atom is -0.459 e. The van der Waals surface area contributed by atoms with Crippen molar-refractivity contribution in [2.24, 2.45) is 0 Å². The molecule has 17 heavy (non-hydrogen) atoms. The molecule has 0 saturated heterocycles. The van der Waals surface area contributed by atoms with Crippen LogP contribution in [0.15, 0.2) is 28.7 Å². The number of hydrogen-bond acceptors (Lipinski definition) is 5. The van der Waals surface area contributed by atoms with E-state index in [-0.39, 0.29) is 18.4 Å². The van der Waals surface area contributed by atoms with Crippen molar-refractivity contribution in [3.63, 3.8) is 0 Å². The third kappa shape index (κ3) is 2.62. The fourth-order valence-corrected chi connectivity index (χ4v) is 1.43. The number of hydrogen-bond donors (Lipinski definition) is 0. The molecule has 6 heteroatoms. The zero-order valence-corrected chi connectivity index (χ0v) is 9.77. The second-order valence-electron chi connectivity index (χ2n) is 3.14. The molecule has 0 fully saturated rings. The molecule has 0 spiro atoms. The predicted octanol–water partition coefficient (Wildman–Crippen LogP) is 2.57. The molecule has 0 aliphatic carbocycles. The number of aromatic nitrogens is 2. The molecule has 0 aliphatic rings. The van der Waals surface area contributed by atoms with Gasteiger partial charge in [-0.1, -0.05) is 17.7 Å². The van der Waals surface area contributed by atoms with Crippen LogP contribution in [0.5, 0.6) is 0 Å². The molecular formula is C11H9ClN2O3. The molecule has 5 nitrogen and oxygen atoms in total. The second kappa shape index (κ2) is 4.97. The Balaban J connectivity index is 2.27. The van der Waals surface area contributed by atoms with E-state index in [9.17, 15) is 4.79 Å². The quantitative estimate of drug-likeness (QED) is 0.786. The van der Waals surface area contributed by atoms with E-state index in [0.717, 1.165) is 0 Å². The SMILES string of the molecule is CCOC(=O)c1nnc(-c2cccc(Cl)c2)o1. The van der Waals surface area contributed by atoms with Crippen molar-refractivity contribution in [3.8, 4) is 11.5 Å². The summed E-state index contributed by atoms with van der Waals surface area (Å²) in [5, 5.41) is 7.92. The summed E-state index contributed by atoms with van der Waals surface area (Å²) in [5.74, 6) is -0.564. The lowest BCUT2D eigenvalue weighted by atomic mass is 10.2. The Hall–Kier alpha value is -1.88. The monoisotopic (exact) mass is 252 g/mol. The molecular weight excluding hydrogens is 244 g/mol. The largest absolute Gasteiger partial charge is 0.459 e. The maximum Gasteiger partial charge on any atom is 0.396 e. The third-order valence-electron chi connectivity index (χ3n) is 1.95. The van der Waals surface area contributed by atoms with Gasteiger partial charge in [0.25, 0.3) is 0 Å². The van der Waals surface area contributed by atoms with Crippen LogP contribution >= 0.6 is 11.6 Å². The minimum atomic E-state index is -0.631. The Morgan fingerprint density at radius 3 is 3.00 bits per heavy atom. The molecule has 0 atom stereocenters. The molecule has 0 aliphatic heterocycles. The van der Waals surface area contributed by atoms with Crippen LogP contribution in [0.1, 0.15) is 17.6 Å². The summed E-state index contributed by atoms with van der Waals surface area (Å²) in [6, 6.07) is 6.91. The number of carbonyl (C=O) groups is 1. The molecule has 1 heterocycles. The Bertz CT molecular complexity index is 539. The first kappa shape index (κ1) is 11.6. The van der Waals surface area contributed by atoms with Gasteiger partial charge in [0.05, 0.1) is 6.61 Å². The summed E-state index contributed by atoms with van der Waals surface area (Å²) < 4.78 is 9.92. The average molecular weight is 253 g/mol. The zero-order chi connectivity index (χ0) is 12.3. The normalized spacial score (nSPS) is 10.2. The van der Waals surface area contributed by atoms with Gasteiger partial charge < -0.3 is 9.15 Å². The lowest BCUT2D eigenvalue weighted by molar-refractivity contribution is 0.0481. The highest BCUT2D eigenvalue weighted by Crippen LogP contribution is 2.21.